The first kappa shape index (κ1) is 10.9. The van der Waals surface area contributed by atoms with E-state index in [1.165, 1.54) is 19.4 Å². The predicted molar refractivity (Wildman–Crippen MR) is 57.8 cm³/mol. The number of nitrogens with one attached hydrogen (secondary N) is 1. The number of likely N-dealkylation sites (N-methyl/N-ethyl adjacent to an activating group) is 1. The third-order valence-corrected chi connectivity index (χ3v) is 3.88. The highest BCUT2D eigenvalue weighted by Crippen LogP contribution is 2.27. The number of carboxylic acid groups (broad SMARTS) is 1. The molecular weight excluding hydrogens is 192 g/mol. The molecule has 4 nitrogen and oxygen atoms in total. The van der Waals surface area contributed by atoms with Crippen LogP contribution in [0, 0.1) is 5.92 Å². The van der Waals surface area contributed by atoms with Crippen LogP contribution in [-0.4, -0.2) is 48.2 Å². The molecule has 15 heavy (non-hydrogen) atoms. The Kier molecular flexibility index (Phi) is 3.26. The maximum Gasteiger partial charge on any atom is 0.308 e. The molecule has 0 spiro atoms. The minimum atomic E-state index is -0.640. The Balaban J connectivity index is 1.72. The van der Waals surface area contributed by atoms with Gasteiger partial charge in [0.25, 0.3) is 0 Å². The molecule has 86 valence electrons. The molecule has 3 atom stereocenters. The van der Waals surface area contributed by atoms with E-state index in [1.807, 2.05) is 0 Å². The molecule has 2 N–H and O–H groups in total. The molecule has 1 saturated carbocycles. The number of nitrogens with zero attached hydrogens (tertiary/aromatic N) is 1. The smallest absolute Gasteiger partial charge is 0.308 e. The van der Waals surface area contributed by atoms with E-state index >= 15 is 0 Å². The van der Waals surface area contributed by atoms with Crippen LogP contribution in [0.1, 0.15) is 25.7 Å². The first-order valence-corrected chi connectivity index (χ1v) is 5.85. The molecular formula is C11H20N2O2. The lowest BCUT2D eigenvalue weighted by Gasteiger charge is -2.35. The number of hydrogen-bond donors (Lipinski definition) is 2. The average Bonchev–Trinajstić information content (AvgIpc) is 2.49. The van der Waals surface area contributed by atoms with Gasteiger partial charge in [-0.25, -0.2) is 0 Å². The summed E-state index contributed by atoms with van der Waals surface area (Å²) in [6.07, 6.45) is 4.38. The quantitative estimate of drug-likeness (QED) is 0.714. The highest BCUT2D eigenvalue weighted by molar-refractivity contribution is 5.72. The maximum absolute atomic E-state index is 10.8. The zero-order valence-corrected chi connectivity index (χ0v) is 9.28. The predicted octanol–water partition coefficient (Wildman–Crippen LogP) is 0.533. The third kappa shape index (κ3) is 2.32. The zero-order valence-electron chi connectivity index (χ0n) is 9.28. The number of carbonyl (C=O) groups is 1. The molecule has 0 aromatic heterocycles. The first-order valence-electron chi connectivity index (χ1n) is 5.85. The molecule has 0 amide bonds. The number of aliphatic carboxylic acids is 1. The van der Waals surface area contributed by atoms with Crippen molar-refractivity contribution in [2.24, 2.45) is 5.92 Å². The van der Waals surface area contributed by atoms with E-state index in [9.17, 15) is 4.79 Å². The molecule has 0 bridgehead atoms. The van der Waals surface area contributed by atoms with Crippen LogP contribution in [0.15, 0.2) is 0 Å². The molecule has 0 radical (unpaired) electrons. The minimum Gasteiger partial charge on any atom is -0.481 e. The van der Waals surface area contributed by atoms with Crippen molar-refractivity contribution in [3.05, 3.63) is 0 Å². The fourth-order valence-electron chi connectivity index (χ4n) is 2.56. The second-order valence-corrected chi connectivity index (χ2v) is 4.81. The lowest BCUT2D eigenvalue weighted by molar-refractivity contribution is -0.146. The Morgan fingerprint density at radius 2 is 2.27 bits per heavy atom. The lowest BCUT2D eigenvalue weighted by Crippen LogP contribution is -2.50. The molecule has 2 aliphatic rings. The van der Waals surface area contributed by atoms with Gasteiger partial charge in [0.15, 0.2) is 0 Å². The molecule has 0 aromatic carbocycles. The second kappa shape index (κ2) is 4.49. The Hall–Kier alpha value is -0.610. The van der Waals surface area contributed by atoms with E-state index in [2.05, 4.69) is 17.3 Å². The van der Waals surface area contributed by atoms with Crippen molar-refractivity contribution >= 4 is 5.97 Å². The van der Waals surface area contributed by atoms with Crippen LogP contribution in [0.3, 0.4) is 0 Å². The number of likely N-dealkylation sites (tertiary alicyclic amines) is 1. The summed E-state index contributed by atoms with van der Waals surface area (Å²) < 4.78 is 0. The van der Waals surface area contributed by atoms with Crippen LogP contribution >= 0.6 is 0 Å². The van der Waals surface area contributed by atoms with E-state index < -0.39 is 5.97 Å². The van der Waals surface area contributed by atoms with Crippen LogP contribution < -0.4 is 5.32 Å². The van der Waals surface area contributed by atoms with E-state index in [-0.39, 0.29) is 12.0 Å². The lowest BCUT2D eigenvalue weighted by atomic mass is 9.79. The minimum absolute atomic E-state index is 0.142. The van der Waals surface area contributed by atoms with Gasteiger partial charge in [0.1, 0.15) is 0 Å². The van der Waals surface area contributed by atoms with Crippen molar-refractivity contribution in [2.45, 2.75) is 37.8 Å². The summed E-state index contributed by atoms with van der Waals surface area (Å²) in [4.78, 5) is 13.2. The number of carboxylic acids is 1. The van der Waals surface area contributed by atoms with Gasteiger partial charge >= 0.3 is 5.97 Å². The fourth-order valence-corrected chi connectivity index (χ4v) is 2.56. The molecule has 0 aromatic rings. The fraction of sp³-hybridized carbons (Fsp3) is 0.909. The SMILES string of the molecule is CN1CCCC1CNC1CCC1C(=O)O. The summed E-state index contributed by atoms with van der Waals surface area (Å²) in [6.45, 7) is 2.13. The third-order valence-electron chi connectivity index (χ3n) is 3.88. The molecule has 1 aliphatic heterocycles. The molecule has 1 aliphatic carbocycles. The summed E-state index contributed by atoms with van der Waals surface area (Å²) >= 11 is 0. The monoisotopic (exact) mass is 212 g/mol. The summed E-state index contributed by atoms with van der Waals surface area (Å²) in [5, 5.41) is 12.3. The first-order chi connectivity index (χ1) is 7.18. The molecule has 2 rings (SSSR count). The van der Waals surface area contributed by atoms with Crippen LogP contribution in [-0.2, 0) is 4.79 Å². The van der Waals surface area contributed by atoms with Gasteiger partial charge in [-0.05, 0) is 39.3 Å². The van der Waals surface area contributed by atoms with Crippen LogP contribution in [0.4, 0.5) is 0 Å². The molecule has 1 heterocycles. The van der Waals surface area contributed by atoms with Gasteiger partial charge in [0.2, 0.25) is 0 Å². The van der Waals surface area contributed by atoms with Crippen LogP contribution in [0.25, 0.3) is 0 Å². The largest absolute Gasteiger partial charge is 0.481 e. The number of hydrogen-bond acceptors (Lipinski definition) is 3. The highest BCUT2D eigenvalue weighted by atomic mass is 16.4. The topological polar surface area (TPSA) is 52.6 Å². The normalized spacial score (nSPS) is 36.5. The van der Waals surface area contributed by atoms with Gasteiger partial charge in [-0.1, -0.05) is 0 Å². The van der Waals surface area contributed by atoms with E-state index in [0.717, 1.165) is 19.4 Å². The summed E-state index contributed by atoms with van der Waals surface area (Å²) in [5.74, 6) is -0.782. The van der Waals surface area contributed by atoms with Crippen molar-refractivity contribution in [3.8, 4) is 0 Å². The zero-order chi connectivity index (χ0) is 10.8. The highest BCUT2D eigenvalue weighted by Gasteiger charge is 2.36. The van der Waals surface area contributed by atoms with Crippen molar-refractivity contribution < 1.29 is 9.90 Å². The molecule has 4 heteroatoms. The van der Waals surface area contributed by atoms with Gasteiger partial charge in [-0.3, -0.25) is 4.79 Å². The molecule has 2 fully saturated rings. The Morgan fingerprint density at radius 3 is 2.73 bits per heavy atom. The average molecular weight is 212 g/mol. The van der Waals surface area contributed by atoms with Crippen molar-refractivity contribution in [1.29, 1.82) is 0 Å². The summed E-state index contributed by atoms with van der Waals surface area (Å²) in [5.41, 5.74) is 0. The van der Waals surface area contributed by atoms with E-state index in [4.69, 9.17) is 5.11 Å². The maximum atomic E-state index is 10.8. The second-order valence-electron chi connectivity index (χ2n) is 4.81. The Labute approximate surface area is 90.6 Å². The molecule has 1 saturated heterocycles. The summed E-state index contributed by atoms with van der Waals surface area (Å²) in [6, 6.07) is 0.830. The summed E-state index contributed by atoms with van der Waals surface area (Å²) in [7, 11) is 2.15. The van der Waals surface area contributed by atoms with Gasteiger partial charge < -0.3 is 15.3 Å². The van der Waals surface area contributed by atoms with Gasteiger partial charge in [-0.15, -0.1) is 0 Å². The van der Waals surface area contributed by atoms with Gasteiger partial charge in [0.05, 0.1) is 5.92 Å². The van der Waals surface area contributed by atoms with E-state index in [1.54, 1.807) is 0 Å². The van der Waals surface area contributed by atoms with Gasteiger partial charge in [0, 0.05) is 18.6 Å². The Morgan fingerprint density at radius 1 is 1.47 bits per heavy atom. The van der Waals surface area contributed by atoms with Crippen LogP contribution in [0.2, 0.25) is 0 Å². The van der Waals surface area contributed by atoms with Crippen LogP contribution in [0.5, 0.6) is 0 Å². The Bertz CT molecular complexity index is 245. The van der Waals surface area contributed by atoms with Crippen molar-refractivity contribution in [2.75, 3.05) is 20.1 Å². The van der Waals surface area contributed by atoms with Crippen molar-refractivity contribution in [1.82, 2.24) is 10.2 Å². The number of rotatable bonds is 4. The van der Waals surface area contributed by atoms with Crippen molar-refractivity contribution in [3.63, 3.8) is 0 Å². The van der Waals surface area contributed by atoms with E-state index in [0.29, 0.717) is 6.04 Å². The standard InChI is InChI=1S/C11H20N2O2/c1-13-6-2-3-8(13)7-12-10-5-4-9(10)11(14)15/h8-10,12H,2-7H2,1H3,(H,14,15). The molecule has 3 unspecified atom stereocenters. The van der Waals surface area contributed by atoms with Gasteiger partial charge in [-0.2, -0.15) is 0 Å².